The second-order valence-corrected chi connectivity index (χ2v) is 12.0. The second-order valence-electron chi connectivity index (χ2n) is 9.37. The lowest BCUT2D eigenvalue weighted by Crippen LogP contribution is -2.40. The number of methoxy groups -OCH3 is 3. The molecular formula is C31H25ClFIN2O6S. The van der Waals surface area contributed by atoms with E-state index in [1.807, 2.05) is 6.07 Å². The molecule has 5 rings (SSSR count). The van der Waals surface area contributed by atoms with E-state index >= 15 is 0 Å². The van der Waals surface area contributed by atoms with E-state index < -0.39 is 12.0 Å². The number of allylic oxidation sites excluding steroid dienone is 1. The topological polar surface area (TPSA) is 88.4 Å². The fourth-order valence-electron chi connectivity index (χ4n) is 4.79. The van der Waals surface area contributed by atoms with Crippen LogP contribution in [0.5, 0.6) is 17.2 Å². The molecule has 1 aliphatic heterocycles. The normalized spacial score (nSPS) is 14.7. The predicted octanol–water partition coefficient (Wildman–Crippen LogP) is 5.40. The van der Waals surface area contributed by atoms with Gasteiger partial charge in [-0.2, -0.15) is 0 Å². The van der Waals surface area contributed by atoms with Crippen molar-refractivity contribution in [2.45, 2.75) is 19.6 Å². The van der Waals surface area contributed by atoms with E-state index in [-0.39, 0.29) is 23.6 Å². The van der Waals surface area contributed by atoms with Crippen LogP contribution in [-0.2, 0) is 16.1 Å². The number of rotatable bonds is 8. The summed E-state index contributed by atoms with van der Waals surface area (Å²) in [5.41, 5.74) is 1.86. The minimum absolute atomic E-state index is 0.0197. The molecule has 43 heavy (non-hydrogen) atoms. The lowest BCUT2D eigenvalue weighted by Gasteiger charge is -2.25. The monoisotopic (exact) mass is 734 g/mol. The maximum Gasteiger partial charge on any atom is 0.338 e. The lowest BCUT2D eigenvalue weighted by atomic mass is 9.95. The van der Waals surface area contributed by atoms with Crippen LogP contribution < -0.4 is 29.1 Å². The summed E-state index contributed by atoms with van der Waals surface area (Å²) in [5, 5.41) is 0.413. The summed E-state index contributed by atoms with van der Waals surface area (Å²) in [6.07, 6.45) is 1.72. The highest BCUT2D eigenvalue weighted by molar-refractivity contribution is 14.1. The molecule has 0 unspecified atom stereocenters. The number of nitrogens with zero attached hydrogens (tertiary/aromatic N) is 2. The van der Waals surface area contributed by atoms with Crippen molar-refractivity contribution in [3.8, 4) is 17.2 Å². The van der Waals surface area contributed by atoms with Crippen LogP contribution in [0.2, 0.25) is 5.02 Å². The van der Waals surface area contributed by atoms with Crippen LogP contribution in [0.15, 0.2) is 75.7 Å². The minimum atomic E-state index is -0.886. The van der Waals surface area contributed by atoms with Gasteiger partial charge >= 0.3 is 5.97 Å². The van der Waals surface area contributed by atoms with Crippen molar-refractivity contribution in [1.29, 1.82) is 0 Å². The molecule has 222 valence electrons. The molecule has 2 heterocycles. The van der Waals surface area contributed by atoms with E-state index in [2.05, 4.69) is 27.6 Å². The molecule has 0 fully saturated rings. The Morgan fingerprint density at radius 2 is 1.86 bits per heavy atom. The van der Waals surface area contributed by atoms with Gasteiger partial charge in [0, 0.05) is 16.1 Å². The number of carbonyl (C=O) groups excluding carboxylic acids is 1. The summed E-state index contributed by atoms with van der Waals surface area (Å²) in [6.45, 7) is 1.71. The summed E-state index contributed by atoms with van der Waals surface area (Å²) in [7, 11) is 4.29. The third kappa shape index (κ3) is 6.06. The fraction of sp³-hybridized carbons (Fsp3) is 0.194. The first kappa shape index (κ1) is 30.8. The van der Waals surface area contributed by atoms with Crippen LogP contribution in [0, 0.1) is 9.39 Å². The Bertz CT molecular complexity index is 1950. The highest BCUT2D eigenvalue weighted by Crippen LogP contribution is 2.38. The Hall–Kier alpha value is -3.68. The molecule has 0 saturated carbocycles. The third-order valence-corrected chi connectivity index (χ3v) is 8.81. The summed E-state index contributed by atoms with van der Waals surface area (Å²) in [4.78, 5) is 32.0. The zero-order valence-corrected chi connectivity index (χ0v) is 27.2. The van der Waals surface area contributed by atoms with E-state index in [4.69, 9.17) is 30.5 Å². The molecule has 0 spiro atoms. The van der Waals surface area contributed by atoms with Crippen LogP contribution in [-0.4, -0.2) is 31.9 Å². The molecule has 0 saturated heterocycles. The van der Waals surface area contributed by atoms with Gasteiger partial charge < -0.3 is 18.9 Å². The minimum Gasteiger partial charge on any atom is -0.496 e. The van der Waals surface area contributed by atoms with Gasteiger partial charge in [-0.3, -0.25) is 9.36 Å². The number of halogens is 3. The average molecular weight is 735 g/mol. The molecule has 0 radical (unpaired) electrons. The number of ether oxygens (including phenoxy) is 4. The number of fused-ring (bicyclic) bond motifs is 1. The van der Waals surface area contributed by atoms with E-state index in [1.165, 1.54) is 43.3 Å². The van der Waals surface area contributed by atoms with Crippen LogP contribution in [0.4, 0.5) is 4.39 Å². The summed E-state index contributed by atoms with van der Waals surface area (Å²) < 4.78 is 38.9. The number of esters is 1. The molecule has 0 amide bonds. The van der Waals surface area contributed by atoms with Crippen LogP contribution in [0.3, 0.4) is 0 Å². The Balaban J connectivity index is 1.62. The van der Waals surface area contributed by atoms with Crippen molar-refractivity contribution >= 4 is 57.6 Å². The zero-order chi connectivity index (χ0) is 30.8. The van der Waals surface area contributed by atoms with Gasteiger partial charge in [0.15, 0.2) is 16.3 Å². The summed E-state index contributed by atoms with van der Waals surface area (Å²) in [6, 6.07) is 14.1. The highest BCUT2D eigenvalue weighted by Gasteiger charge is 2.35. The molecule has 1 aromatic heterocycles. The van der Waals surface area contributed by atoms with Gasteiger partial charge in [-0.05, 0) is 77.6 Å². The fourth-order valence-corrected chi connectivity index (χ4v) is 6.79. The van der Waals surface area contributed by atoms with E-state index in [0.717, 1.165) is 0 Å². The number of carbonyl (C=O) groups is 1. The molecule has 3 aromatic carbocycles. The first-order valence-corrected chi connectivity index (χ1v) is 15.1. The Kier molecular flexibility index (Phi) is 9.23. The van der Waals surface area contributed by atoms with Crippen molar-refractivity contribution in [3.05, 3.63) is 117 Å². The van der Waals surface area contributed by atoms with Crippen molar-refractivity contribution in [2.24, 2.45) is 4.99 Å². The lowest BCUT2D eigenvalue weighted by molar-refractivity contribution is -0.136. The van der Waals surface area contributed by atoms with Crippen molar-refractivity contribution < 1.29 is 28.1 Å². The van der Waals surface area contributed by atoms with E-state index in [1.54, 1.807) is 55.5 Å². The predicted molar refractivity (Wildman–Crippen MR) is 170 cm³/mol. The average Bonchev–Trinajstić information content (AvgIpc) is 3.29. The Morgan fingerprint density at radius 1 is 1.12 bits per heavy atom. The number of benzene rings is 3. The maximum absolute atomic E-state index is 14.1. The van der Waals surface area contributed by atoms with Crippen molar-refractivity contribution in [1.82, 2.24) is 4.57 Å². The Morgan fingerprint density at radius 3 is 2.56 bits per heavy atom. The second kappa shape index (κ2) is 12.9. The standard InChI is InChI=1S/C31H25ClFIN2O6S/c1-16-26(30(38)41-4)27(20-14-19(32)9-10-23(20)39-2)36-29(37)25(43-31(36)35-16)13-17-11-22(34)28(24(12-17)40-3)42-15-18-7-5-6-8-21(18)33/h5-14,27H,15H2,1-4H3/b25-13-/t27-/m1/s1. The smallest absolute Gasteiger partial charge is 0.338 e. The van der Waals surface area contributed by atoms with Crippen molar-refractivity contribution in [3.63, 3.8) is 0 Å². The maximum atomic E-state index is 14.1. The summed E-state index contributed by atoms with van der Waals surface area (Å²) in [5.74, 6) is 0.352. The molecule has 8 nitrogen and oxygen atoms in total. The van der Waals surface area contributed by atoms with Crippen LogP contribution in [0.25, 0.3) is 6.08 Å². The largest absolute Gasteiger partial charge is 0.496 e. The first-order chi connectivity index (χ1) is 20.7. The van der Waals surface area contributed by atoms with Gasteiger partial charge in [0.2, 0.25) is 0 Å². The molecule has 12 heteroatoms. The quantitative estimate of drug-likeness (QED) is 0.178. The number of hydrogen-bond donors (Lipinski definition) is 0. The van der Waals surface area contributed by atoms with E-state index in [9.17, 15) is 14.0 Å². The first-order valence-electron chi connectivity index (χ1n) is 12.8. The molecule has 4 aromatic rings. The molecule has 0 aliphatic carbocycles. The molecular weight excluding hydrogens is 710 g/mol. The molecule has 1 aliphatic rings. The van der Waals surface area contributed by atoms with Gasteiger partial charge in [0.25, 0.3) is 5.56 Å². The van der Waals surface area contributed by atoms with Gasteiger partial charge in [-0.15, -0.1) is 0 Å². The summed E-state index contributed by atoms with van der Waals surface area (Å²) >= 11 is 9.64. The van der Waals surface area contributed by atoms with Gasteiger partial charge in [-0.25, -0.2) is 14.2 Å². The van der Waals surface area contributed by atoms with Crippen LogP contribution >= 0.6 is 45.5 Å². The number of aromatic nitrogens is 1. The molecule has 1 atom stereocenters. The van der Waals surface area contributed by atoms with E-state index in [0.29, 0.717) is 57.6 Å². The van der Waals surface area contributed by atoms with Crippen LogP contribution in [0.1, 0.15) is 29.7 Å². The van der Waals surface area contributed by atoms with Gasteiger partial charge in [0.1, 0.15) is 24.2 Å². The molecule has 0 bridgehead atoms. The highest BCUT2D eigenvalue weighted by atomic mass is 127. The number of hydrogen-bond acceptors (Lipinski definition) is 8. The van der Waals surface area contributed by atoms with Crippen molar-refractivity contribution in [2.75, 3.05) is 21.3 Å². The Labute approximate surface area is 268 Å². The zero-order valence-electron chi connectivity index (χ0n) is 23.4. The SMILES string of the molecule is COC(=O)C1=C(C)N=c2s/c(=C\c3cc(I)c(OCc4ccccc4F)c(OC)c3)c(=O)n2[C@@H]1c1cc(Cl)ccc1OC. The molecule has 0 N–H and O–H groups in total. The number of thiazole rings is 1. The third-order valence-electron chi connectivity index (χ3n) is 6.79. The van der Waals surface area contributed by atoms with Gasteiger partial charge in [-0.1, -0.05) is 41.1 Å². The van der Waals surface area contributed by atoms with Gasteiger partial charge in [0.05, 0.1) is 40.7 Å².